The number of hydrogen-bond donors (Lipinski definition) is 0. The van der Waals surface area contributed by atoms with E-state index in [1.165, 1.54) is 10.9 Å². The Morgan fingerprint density at radius 3 is 2.45 bits per heavy atom. The smallest absolute Gasteiger partial charge is 0.261 e. The van der Waals surface area contributed by atoms with Gasteiger partial charge in [-0.1, -0.05) is 42.5 Å². The predicted octanol–water partition coefficient (Wildman–Crippen LogP) is 2.59. The van der Waals surface area contributed by atoms with E-state index in [2.05, 4.69) is 19.9 Å². The number of carbonyl (C=O) groups excluding carboxylic acids is 1. The fourth-order valence-corrected chi connectivity index (χ4v) is 4.11. The molecule has 5 rings (SSSR count). The number of fused-ring (bicyclic) bond motifs is 1. The van der Waals surface area contributed by atoms with Gasteiger partial charge in [0.05, 0.1) is 22.9 Å². The third-order valence-corrected chi connectivity index (χ3v) is 5.98. The molecule has 4 aromatic rings. The maximum Gasteiger partial charge on any atom is 0.261 e. The summed E-state index contributed by atoms with van der Waals surface area (Å²) in [6.45, 7) is 2.97. The van der Waals surface area contributed by atoms with Crippen molar-refractivity contribution in [3.8, 4) is 11.3 Å². The molecule has 2 aromatic heterocycles. The van der Waals surface area contributed by atoms with Crippen LogP contribution in [-0.4, -0.2) is 56.5 Å². The van der Waals surface area contributed by atoms with Gasteiger partial charge in [-0.3, -0.25) is 14.2 Å². The molecule has 0 saturated carbocycles. The third kappa shape index (κ3) is 4.45. The highest BCUT2D eigenvalue weighted by molar-refractivity contribution is 5.78. The lowest BCUT2D eigenvalue weighted by Gasteiger charge is -2.35. The Balaban J connectivity index is 1.19. The van der Waals surface area contributed by atoms with E-state index in [1.54, 1.807) is 12.4 Å². The van der Waals surface area contributed by atoms with Gasteiger partial charge in [-0.2, -0.15) is 0 Å². The van der Waals surface area contributed by atoms with Gasteiger partial charge in [-0.25, -0.2) is 15.0 Å². The fourth-order valence-electron chi connectivity index (χ4n) is 4.11. The Kier molecular flexibility index (Phi) is 5.80. The number of piperazine rings is 1. The number of carbonyl (C=O) groups is 1. The molecule has 166 valence electrons. The molecule has 0 radical (unpaired) electrons. The number of hydrogen-bond acceptors (Lipinski definition) is 6. The third-order valence-electron chi connectivity index (χ3n) is 5.98. The first kappa shape index (κ1) is 20.8. The number of nitrogens with zero attached hydrogens (tertiary/aromatic N) is 6. The van der Waals surface area contributed by atoms with Gasteiger partial charge in [0, 0.05) is 50.8 Å². The molecule has 0 bridgehead atoms. The second-order valence-corrected chi connectivity index (χ2v) is 8.01. The van der Waals surface area contributed by atoms with Crippen molar-refractivity contribution in [3.05, 3.63) is 83.7 Å². The van der Waals surface area contributed by atoms with E-state index >= 15 is 0 Å². The lowest BCUT2D eigenvalue weighted by molar-refractivity contribution is -0.131. The summed E-state index contributed by atoms with van der Waals surface area (Å²) >= 11 is 0. The van der Waals surface area contributed by atoms with Crippen LogP contribution in [0.25, 0.3) is 22.2 Å². The maximum absolute atomic E-state index is 12.8. The first-order chi connectivity index (χ1) is 16.2. The van der Waals surface area contributed by atoms with Crippen molar-refractivity contribution in [2.75, 3.05) is 31.1 Å². The quantitative estimate of drug-likeness (QED) is 0.474. The number of anilines is 1. The predicted molar refractivity (Wildman–Crippen MR) is 127 cm³/mol. The monoisotopic (exact) mass is 440 g/mol. The molecular formula is C25H24N6O2. The van der Waals surface area contributed by atoms with Crippen LogP contribution in [0.15, 0.2) is 78.1 Å². The number of rotatable bonds is 5. The maximum atomic E-state index is 12.8. The molecule has 33 heavy (non-hydrogen) atoms. The lowest BCUT2D eigenvalue weighted by Crippen LogP contribution is -2.49. The molecule has 0 atom stereocenters. The van der Waals surface area contributed by atoms with Gasteiger partial charge < -0.3 is 9.80 Å². The summed E-state index contributed by atoms with van der Waals surface area (Å²) in [7, 11) is 0. The number of aryl methyl sites for hydroxylation is 1. The Morgan fingerprint density at radius 2 is 1.64 bits per heavy atom. The van der Waals surface area contributed by atoms with E-state index in [9.17, 15) is 9.59 Å². The van der Waals surface area contributed by atoms with Gasteiger partial charge in [0.25, 0.3) is 5.56 Å². The fraction of sp³-hybridized carbons (Fsp3) is 0.240. The summed E-state index contributed by atoms with van der Waals surface area (Å²) in [5, 5.41) is 0.570. The Hall–Kier alpha value is -4.07. The molecular weight excluding hydrogens is 416 g/mol. The Labute approximate surface area is 191 Å². The van der Waals surface area contributed by atoms with Crippen molar-refractivity contribution < 1.29 is 4.79 Å². The number of benzene rings is 2. The van der Waals surface area contributed by atoms with Gasteiger partial charge in [0.15, 0.2) is 0 Å². The molecule has 1 fully saturated rings. The molecule has 8 heteroatoms. The molecule has 0 N–H and O–H groups in total. The minimum atomic E-state index is -0.115. The van der Waals surface area contributed by atoms with Crippen LogP contribution in [-0.2, 0) is 11.3 Å². The van der Waals surface area contributed by atoms with Crippen LogP contribution >= 0.6 is 0 Å². The SMILES string of the molecule is O=C(CCn1cnc2ccccc2c1=O)N1CCN(c2cc(-c3ccccc3)ncn2)CC1. The largest absolute Gasteiger partial charge is 0.353 e. The van der Waals surface area contributed by atoms with Crippen molar-refractivity contribution >= 4 is 22.6 Å². The molecule has 0 aliphatic carbocycles. The van der Waals surface area contributed by atoms with Crippen LogP contribution in [0.5, 0.6) is 0 Å². The van der Waals surface area contributed by atoms with Crippen LogP contribution in [0.3, 0.4) is 0 Å². The summed E-state index contributed by atoms with van der Waals surface area (Å²) in [5.74, 6) is 0.909. The number of aromatic nitrogens is 4. The molecule has 1 saturated heterocycles. The van der Waals surface area contributed by atoms with Crippen LogP contribution in [0, 0.1) is 0 Å². The summed E-state index contributed by atoms with van der Waals surface area (Å²) in [4.78, 5) is 42.6. The summed E-state index contributed by atoms with van der Waals surface area (Å²) in [6, 6.07) is 19.3. The van der Waals surface area contributed by atoms with Crippen molar-refractivity contribution in [1.29, 1.82) is 0 Å². The first-order valence-corrected chi connectivity index (χ1v) is 11.0. The van der Waals surface area contributed by atoms with E-state index in [0.717, 1.165) is 17.1 Å². The van der Waals surface area contributed by atoms with E-state index in [-0.39, 0.29) is 17.9 Å². The molecule has 8 nitrogen and oxygen atoms in total. The number of amides is 1. The van der Waals surface area contributed by atoms with Crippen molar-refractivity contribution in [3.63, 3.8) is 0 Å². The van der Waals surface area contributed by atoms with Gasteiger partial charge in [0.2, 0.25) is 5.91 Å². The Morgan fingerprint density at radius 1 is 0.879 bits per heavy atom. The minimum Gasteiger partial charge on any atom is -0.353 e. The van der Waals surface area contributed by atoms with Gasteiger partial charge in [-0.15, -0.1) is 0 Å². The minimum absolute atomic E-state index is 0.0439. The van der Waals surface area contributed by atoms with Crippen LogP contribution < -0.4 is 10.5 Å². The zero-order valence-corrected chi connectivity index (χ0v) is 18.2. The molecule has 1 aliphatic heterocycles. The van der Waals surface area contributed by atoms with Crippen LogP contribution in [0.2, 0.25) is 0 Å². The molecule has 3 heterocycles. The van der Waals surface area contributed by atoms with Crippen LogP contribution in [0.4, 0.5) is 5.82 Å². The summed E-state index contributed by atoms with van der Waals surface area (Å²) < 4.78 is 1.52. The average Bonchev–Trinajstić information content (AvgIpc) is 2.89. The van der Waals surface area contributed by atoms with E-state index in [0.29, 0.717) is 43.6 Å². The second-order valence-electron chi connectivity index (χ2n) is 8.01. The highest BCUT2D eigenvalue weighted by atomic mass is 16.2. The summed E-state index contributed by atoms with van der Waals surface area (Å²) in [5.41, 5.74) is 2.49. The standard InChI is InChI=1S/C25H24N6O2/c32-24(10-11-31-18-28-21-9-5-4-8-20(21)25(31)33)30-14-12-29(13-15-30)23-16-22(26-17-27-23)19-6-2-1-3-7-19/h1-9,16-18H,10-15H2. The highest BCUT2D eigenvalue weighted by Gasteiger charge is 2.22. The molecule has 1 amide bonds. The number of para-hydroxylation sites is 1. The lowest BCUT2D eigenvalue weighted by atomic mass is 10.1. The van der Waals surface area contributed by atoms with Crippen molar-refractivity contribution in [1.82, 2.24) is 24.4 Å². The normalized spacial score (nSPS) is 13.9. The topological polar surface area (TPSA) is 84.2 Å². The molecule has 0 unspecified atom stereocenters. The zero-order chi connectivity index (χ0) is 22.6. The summed E-state index contributed by atoms with van der Waals surface area (Å²) in [6.07, 6.45) is 3.38. The zero-order valence-electron chi connectivity index (χ0n) is 18.2. The van der Waals surface area contributed by atoms with E-state index in [1.807, 2.05) is 59.5 Å². The van der Waals surface area contributed by atoms with Crippen molar-refractivity contribution in [2.24, 2.45) is 0 Å². The van der Waals surface area contributed by atoms with Gasteiger partial charge >= 0.3 is 0 Å². The highest BCUT2D eigenvalue weighted by Crippen LogP contribution is 2.21. The molecule has 0 spiro atoms. The van der Waals surface area contributed by atoms with Gasteiger partial charge in [-0.05, 0) is 12.1 Å². The molecule has 2 aromatic carbocycles. The average molecular weight is 441 g/mol. The Bertz CT molecular complexity index is 1330. The van der Waals surface area contributed by atoms with Crippen LogP contribution in [0.1, 0.15) is 6.42 Å². The van der Waals surface area contributed by atoms with E-state index in [4.69, 9.17) is 0 Å². The first-order valence-electron chi connectivity index (χ1n) is 11.0. The van der Waals surface area contributed by atoms with Gasteiger partial charge in [0.1, 0.15) is 12.1 Å². The van der Waals surface area contributed by atoms with Crippen molar-refractivity contribution in [2.45, 2.75) is 13.0 Å². The second kappa shape index (κ2) is 9.20. The van der Waals surface area contributed by atoms with E-state index < -0.39 is 0 Å². The molecule has 1 aliphatic rings.